The summed E-state index contributed by atoms with van der Waals surface area (Å²) in [5.41, 5.74) is 5.32. The van der Waals surface area contributed by atoms with Crippen LogP contribution in [-0.2, 0) is 13.5 Å². The number of pyridine rings is 1. The van der Waals surface area contributed by atoms with Crippen molar-refractivity contribution in [1.29, 1.82) is 0 Å². The zero-order chi connectivity index (χ0) is 22.8. The summed E-state index contributed by atoms with van der Waals surface area (Å²) in [4.78, 5) is 17.7. The maximum atomic E-state index is 13.0. The van der Waals surface area contributed by atoms with Crippen molar-refractivity contribution in [2.75, 3.05) is 0 Å². The fourth-order valence-electron chi connectivity index (χ4n) is 4.46. The van der Waals surface area contributed by atoms with E-state index < -0.39 is 6.10 Å². The standard InChI is InChI=1S/C25H27N5O2S/c1-30-15-22(28-29-30)17-9-7-16(8-10-17)13-18-14-21(26-20-11-12-33-24(18)20)25(32)27-19-5-3-2-4-6-23(19)31/h7-12,14-15,19,23,31H,2-6,13H2,1H3,(H,27,32)/t19-,23-/m1/s1. The van der Waals surface area contributed by atoms with E-state index in [2.05, 4.69) is 32.7 Å². The van der Waals surface area contributed by atoms with E-state index in [1.165, 1.54) is 0 Å². The molecule has 0 saturated heterocycles. The number of nitrogens with zero attached hydrogens (tertiary/aromatic N) is 4. The maximum Gasteiger partial charge on any atom is 0.270 e. The lowest BCUT2D eigenvalue weighted by molar-refractivity contribution is 0.0814. The van der Waals surface area contributed by atoms with Crippen molar-refractivity contribution in [3.63, 3.8) is 0 Å². The van der Waals surface area contributed by atoms with Crippen LogP contribution in [-0.4, -0.2) is 43.1 Å². The van der Waals surface area contributed by atoms with Crippen molar-refractivity contribution in [2.45, 2.75) is 50.7 Å². The topological polar surface area (TPSA) is 92.9 Å². The number of hydrogen-bond acceptors (Lipinski definition) is 6. The van der Waals surface area contributed by atoms with Crippen LogP contribution in [0.5, 0.6) is 0 Å². The Morgan fingerprint density at radius 2 is 2.00 bits per heavy atom. The number of carbonyl (C=O) groups is 1. The number of fused-ring (bicyclic) bond motifs is 1. The highest BCUT2D eigenvalue weighted by atomic mass is 32.1. The molecule has 1 aliphatic rings. The number of aromatic nitrogens is 4. The molecule has 1 aromatic carbocycles. The fourth-order valence-corrected chi connectivity index (χ4v) is 5.31. The number of amides is 1. The van der Waals surface area contributed by atoms with Gasteiger partial charge >= 0.3 is 0 Å². The van der Waals surface area contributed by atoms with E-state index in [1.807, 2.05) is 42.9 Å². The minimum absolute atomic E-state index is 0.211. The summed E-state index contributed by atoms with van der Waals surface area (Å²) in [7, 11) is 1.85. The third-order valence-electron chi connectivity index (χ3n) is 6.26. The molecule has 0 bridgehead atoms. The second-order valence-corrected chi connectivity index (χ2v) is 9.65. The molecule has 0 radical (unpaired) electrons. The molecule has 33 heavy (non-hydrogen) atoms. The summed E-state index contributed by atoms with van der Waals surface area (Å²) >= 11 is 1.64. The lowest BCUT2D eigenvalue weighted by Crippen LogP contribution is -2.43. The molecular weight excluding hydrogens is 434 g/mol. The highest BCUT2D eigenvalue weighted by Crippen LogP contribution is 2.27. The molecule has 0 aliphatic heterocycles. The minimum atomic E-state index is -0.492. The minimum Gasteiger partial charge on any atom is -0.391 e. The first-order chi connectivity index (χ1) is 16.1. The number of carbonyl (C=O) groups excluding carboxylic acids is 1. The van der Waals surface area contributed by atoms with Gasteiger partial charge in [-0.15, -0.1) is 16.4 Å². The van der Waals surface area contributed by atoms with Gasteiger partial charge in [-0.05, 0) is 47.9 Å². The Balaban J connectivity index is 1.38. The Kier molecular flexibility index (Phi) is 6.20. The van der Waals surface area contributed by atoms with E-state index >= 15 is 0 Å². The van der Waals surface area contributed by atoms with Gasteiger partial charge in [-0.1, -0.05) is 48.7 Å². The van der Waals surface area contributed by atoms with Crippen LogP contribution >= 0.6 is 11.3 Å². The maximum absolute atomic E-state index is 13.0. The van der Waals surface area contributed by atoms with Crippen LogP contribution in [0.2, 0.25) is 0 Å². The van der Waals surface area contributed by atoms with Crippen molar-refractivity contribution in [2.24, 2.45) is 7.05 Å². The van der Waals surface area contributed by atoms with E-state index in [0.717, 1.165) is 64.7 Å². The number of thiophene rings is 1. The molecule has 1 aliphatic carbocycles. The zero-order valence-corrected chi connectivity index (χ0v) is 19.4. The molecule has 1 amide bonds. The summed E-state index contributed by atoms with van der Waals surface area (Å²) < 4.78 is 2.79. The zero-order valence-electron chi connectivity index (χ0n) is 18.6. The van der Waals surface area contributed by atoms with Crippen LogP contribution in [0.4, 0.5) is 0 Å². The molecule has 4 aromatic rings. The molecule has 2 atom stereocenters. The first-order valence-electron chi connectivity index (χ1n) is 11.4. The monoisotopic (exact) mass is 461 g/mol. The van der Waals surface area contributed by atoms with Crippen LogP contribution in [0, 0.1) is 0 Å². The molecule has 1 saturated carbocycles. The highest BCUT2D eigenvalue weighted by Gasteiger charge is 2.24. The van der Waals surface area contributed by atoms with E-state index in [9.17, 15) is 9.90 Å². The molecule has 7 nitrogen and oxygen atoms in total. The molecule has 3 heterocycles. The normalized spacial score (nSPS) is 18.8. The first kappa shape index (κ1) is 21.7. The average Bonchev–Trinajstić information content (AvgIpc) is 3.42. The molecule has 170 valence electrons. The van der Waals surface area contributed by atoms with Gasteiger partial charge in [0.25, 0.3) is 5.91 Å². The van der Waals surface area contributed by atoms with E-state index in [-0.39, 0.29) is 11.9 Å². The van der Waals surface area contributed by atoms with Gasteiger partial charge in [-0.3, -0.25) is 9.48 Å². The number of aliphatic hydroxyl groups is 1. The van der Waals surface area contributed by atoms with Crippen molar-refractivity contribution in [3.05, 3.63) is 64.8 Å². The van der Waals surface area contributed by atoms with E-state index in [4.69, 9.17) is 0 Å². The van der Waals surface area contributed by atoms with Gasteiger partial charge in [0, 0.05) is 12.6 Å². The van der Waals surface area contributed by atoms with Gasteiger partial charge < -0.3 is 10.4 Å². The molecule has 2 N–H and O–H groups in total. The molecule has 1 fully saturated rings. The number of benzene rings is 1. The number of aryl methyl sites for hydroxylation is 1. The second-order valence-electron chi connectivity index (χ2n) is 8.74. The molecule has 5 rings (SSSR count). The third kappa shape index (κ3) is 4.82. The number of aliphatic hydroxyl groups excluding tert-OH is 1. The lowest BCUT2D eigenvalue weighted by atomic mass is 10.0. The number of hydrogen-bond donors (Lipinski definition) is 2. The van der Waals surface area contributed by atoms with Crippen molar-refractivity contribution in [3.8, 4) is 11.3 Å². The lowest BCUT2D eigenvalue weighted by Gasteiger charge is -2.21. The van der Waals surface area contributed by atoms with Gasteiger partial charge in [0.15, 0.2) is 0 Å². The number of nitrogens with one attached hydrogen (secondary N) is 1. The Morgan fingerprint density at radius 3 is 2.79 bits per heavy atom. The fraction of sp³-hybridized carbons (Fsp3) is 0.360. The second kappa shape index (κ2) is 9.41. The van der Waals surface area contributed by atoms with Crippen LogP contribution in [0.3, 0.4) is 0 Å². The van der Waals surface area contributed by atoms with Gasteiger partial charge in [0.05, 0.1) is 28.6 Å². The van der Waals surface area contributed by atoms with Crippen LogP contribution in [0.1, 0.15) is 53.7 Å². The van der Waals surface area contributed by atoms with Gasteiger partial charge in [0.2, 0.25) is 0 Å². The first-order valence-corrected chi connectivity index (χ1v) is 12.3. The van der Waals surface area contributed by atoms with Crippen molar-refractivity contribution >= 4 is 27.5 Å². The van der Waals surface area contributed by atoms with Crippen molar-refractivity contribution < 1.29 is 9.90 Å². The van der Waals surface area contributed by atoms with Crippen LogP contribution in [0.15, 0.2) is 48.0 Å². The predicted molar refractivity (Wildman–Crippen MR) is 129 cm³/mol. The van der Waals surface area contributed by atoms with Crippen LogP contribution in [0.25, 0.3) is 21.5 Å². The smallest absolute Gasteiger partial charge is 0.270 e. The third-order valence-corrected chi connectivity index (χ3v) is 7.24. The highest BCUT2D eigenvalue weighted by molar-refractivity contribution is 7.17. The van der Waals surface area contributed by atoms with Gasteiger partial charge in [-0.2, -0.15) is 0 Å². The Labute approximate surface area is 196 Å². The molecule has 8 heteroatoms. The van der Waals surface area contributed by atoms with Crippen LogP contribution < -0.4 is 5.32 Å². The van der Waals surface area contributed by atoms with Gasteiger partial charge in [-0.25, -0.2) is 4.98 Å². The quantitative estimate of drug-likeness (QED) is 0.437. The molecule has 0 unspecified atom stereocenters. The van der Waals surface area contributed by atoms with Crippen molar-refractivity contribution in [1.82, 2.24) is 25.3 Å². The van der Waals surface area contributed by atoms with E-state index in [0.29, 0.717) is 12.1 Å². The Morgan fingerprint density at radius 1 is 1.18 bits per heavy atom. The predicted octanol–water partition coefficient (Wildman–Crippen LogP) is 4.11. The molecule has 3 aromatic heterocycles. The summed E-state index contributed by atoms with van der Waals surface area (Å²) in [6.07, 6.45) is 6.77. The summed E-state index contributed by atoms with van der Waals surface area (Å²) in [6, 6.07) is 11.9. The SMILES string of the molecule is Cn1cc(-c2ccc(Cc3cc(C(=O)N[C@@H]4CCCCC[C@H]4O)nc4ccsc34)cc2)nn1. The Hall–Kier alpha value is -3.10. The van der Waals surface area contributed by atoms with Gasteiger partial charge in [0.1, 0.15) is 11.4 Å². The summed E-state index contributed by atoms with van der Waals surface area (Å²) in [5, 5.41) is 23.6. The molecule has 0 spiro atoms. The molecular formula is C25H27N5O2S. The largest absolute Gasteiger partial charge is 0.391 e. The van der Waals surface area contributed by atoms with E-state index in [1.54, 1.807) is 16.0 Å². The summed E-state index contributed by atoms with van der Waals surface area (Å²) in [5.74, 6) is -0.215. The average molecular weight is 462 g/mol. The number of rotatable bonds is 5. The summed E-state index contributed by atoms with van der Waals surface area (Å²) in [6.45, 7) is 0. The Bertz CT molecular complexity index is 1260.